The third-order valence-electron chi connectivity index (χ3n) is 3.56. The summed E-state index contributed by atoms with van der Waals surface area (Å²) in [4.78, 5) is 4.57. The van der Waals surface area contributed by atoms with Crippen LogP contribution in [0.1, 0.15) is 37.8 Å². The van der Waals surface area contributed by atoms with Gasteiger partial charge in [0, 0.05) is 26.3 Å². The van der Waals surface area contributed by atoms with Crippen LogP contribution in [0, 0.1) is 13.8 Å². The number of unbranched alkanes of at least 4 members (excludes halogenated alkanes) is 1. The fraction of sp³-hybridized carbons (Fsp3) is 0.632. The Morgan fingerprint density at radius 2 is 1.76 bits per heavy atom. The number of benzene rings is 1. The van der Waals surface area contributed by atoms with Crippen molar-refractivity contribution in [3.63, 3.8) is 0 Å². The van der Waals surface area contributed by atoms with Gasteiger partial charge in [0.15, 0.2) is 5.96 Å². The highest BCUT2D eigenvalue weighted by Crippen LogP contribution is 2.21. The summed E-state index contributed by atoms with van der Waals surface area (Å²) in [7, 11) is 0. The van der Waals surface area contributed by atoms with Gasteiger partial charge in [-0.25, -0.2) is 0 Å². The van der Waals surface area contributed by atoms with Gasteiger partial charge in [-0.1, -0.05) is 18.2 Å². The predicted octanol–water partition coefficient (Wildman–Crippen LogP) is 3.67. The van der Waals surface area contributed by atoms with Crippen molar-refractivity contribution in [3.05, 3.63) is 29.3 Å². The number of aryl methyl sites for hydroxylation is 2. The molecule has 0 amide bonds. The molecule has 0 bridgehead atoms. The first kappa shape index (κ1) is 24.0. The molecule has 0 fully saturated rings. The molecule has 5 nitrogen and oxygen atoms in total. The van der Waals surface area contributed by atoms with E-state index in [0.29, 0.717) is 6.61 Å². The van der Waals surface area contributed by atoms with Crippen LogP contribution < -0.4 is 15.4 Å². The number of hydrogen-bond acceptors (Lipinski definition) is 3. The van der Waals surface area contributed by atoms with E-state index in [1.54, 1.807) is 0 Å². The van der Waals surface area contributed by atoms with Crippen molar-refractivity contribution >= 4 is 29.9 Å². The summed E-state index contributed by atoms with van der Waals surface area (Å²) in [5.41, 5.74) is 2.34. The Morgan fingerprint density at radius 1 is 1.04 bits per heavy atom. The number of halogens is 1. The first-order valence-corrected chi connectivity index (χ1v) is 8.98. The molecule has 1 aromatic carbocycles. The van der Waals surface area contributed by atoms with Crippen LogP contribution in [0.2, 0.25) is 0 Å². The fourth-order valence-electron chi connectivity index (χ4n) is 2.34. The van der Waals surface area contributed by atoms with Crippen LogP contribution in [0.4, 0.5) is 0 Å². The van der Waals surface area contributed by atoms with Crippen LogP contribution in [0.15, 0.2) is 23.2 Å². The van der Waals surface area contributed by atoms with Gasteiger partial charge in [0.05, 0.1) is 6.54 Å². The highest BCUT2D eigenvalue weighted by molar-refractivity contribution is 14.0. The maximum atomic E-state index is 5.90. The quantitative estimate of drug-likeness (QED) is 0.228. The lowest BCUT2D eigenvalue weighted by atomic mass is 10.1. The van der Waals surface area contributed by atoms with E-state index >= 15 is 0 Å². The summed E-state index contributed by atoms with van der Waals surface area (Å²) in [5, 5.41) is 6.57. The predicted molar refractivity (Wildman–Crippen MR) is 117 cm³/mol. The number of hydrogen-bond donors (Lipinski definition) is 2. The average molecular weight is 463 g/mol. The highest BCUT2D eigenvalue weighted by atomic mass is 127. The maximum absolute atomic E-state index is 5.90. The summed E-state index contributed by atoms with van der Waals surface area (Å²) >= 11 is 0. The molecule has 1 aromatic rings. The number of guanidine groups is 1. The Hall–Kier alpha value is -1.02. The molecule has 0 spiro atoms. The second-order valence-electron chi connectivity index (χ2n) is 5.66. The molecular formula is C19H34IN3O2. The van der Waals surface area contributed by atoms with Crippen LogP contribution in [0.5, 0.6) is 5.75 Å². The minimum Gasteiger partial charge on any atom is -0.491 e. The minimum absolute atomic E-state index is 0. The Morgan fingerprint density at radius 3 is 2.40 bits per heavy atom. The minimum atomic E-state index is 0. The van der Waals surface area contributed by atoms with Gasteiger partial charge >= 0.3 is 0 Å². The van der Waals surface area contributed by atoms with E-state index in [1.807, 2.05) is 6.92 Å². The molecule has 6 heteroatoms. The molecule has 25 heavy (non-hydrogen) atoms. The van der Waals surface area contributed by atoms with Crippen molar-refractivity contribution in [1.82, 2.24) is 10.6 Å². The zero-order valence-corrected chi connectivity index (χ0v) is 18.4. The molecule has 0 heterocycles. The van der Waals surface area contributed by atoms with Gasteiger partial charge in [-0.05, 0) is 51.7 Å². The molecule has 1 rings (SSSR count). The van der Waals surface area contributed by atoms with E-state index in [4.69, 9.17) is 9.47 Å². The number of para-hydroxylation sites is 1. The van der Waals surface area contributed by atoms with Gasteiger partial charge in [-0.2, -0.15) is 0 Å². The molecule has 144 valence electrons. The topological polar surface area (TPSA) is 54.9 Å². The average Bonchev–Trinajstić information content (AvgIpc) is 2.56. The number of ether oxygens (including phenoxy) is 2. The van der Waals surface area contributed by atoms with Crippen molar-refractivity contribution in [1.29, 1.82) is 0 Å². The molecule has 0 aromatic heterocycles. The number of nitrogens with zero attached hydrogens (tertiary/aromatic N) is 1. The first-order chi connectivity index (χ1) is 11.7. The summed E-state index contributed by atoms with van der Waals surface area (Å²) in [6.45, 7) is 12.8. The van der Waals surface area contributed by atoms with E-state index in [0.717, 1.165) is 57.4 Å². The van der Waals surface area contributed by atoms with Gasteiger partial charge in [-0.3, -0.25) is 4.99 Å². The van der Waals surface area contributed by atoms with Gasteiger partial charge in [0.1, 0.15) is 12.4 Å². The van der Waals surface area contributed by atoms with E-state index < -0.39 is 0 Å². The number of aliphatic imine (C=N–C) groups is 1. The van der Waals surface area contributed by atoms with Crippen molar-refractivity contribution in [3.8, 4) is 5.75 Å². The normalized spacial score (nSPS) is 11.0. The molecule has 0 aliphatic carbocycles. The van der Waals surface area contributed by atoms with Crippen LogP contribution in [0.25, 0.3) is 0 Å². The van der Waals surface area contributed by atoms with Crippen LogP contribution in [0.3, 0.4) is 0 Å². The lowest BCUT2D eigenvalue weighted by Crippen LogP contribution is -2.39. The van der Waals surface area contributed by atoms with E-state index in [2.05, 4.69) is 54.6 Å². The van der Waals surface area contributed by atoms with Crippen LogP contribution in [-0.2, 0) is 4.74 Å². The molecule has 0 radical (unpaired) electrons. The molecule has 0 saturated carbocycles. The molecular weight excluding hydrogens is 429 g/mol. The smallest absolute Gasteiger partial charge is 0.191 e. The largest absolute Gasteiger partial charge is 0.491 e. The number of nitrogens with one attached hydrogen (secondary N) is 2. The molecule has 0 aliphatic rings. The Balaban J connectivity index is 0.00000576. The van der Waals surface area contributed by atoms with Gasteiger partial charge in [0.25, 0.3) is 0 Å². The van der Waals surface area contributed by atoms with Crippen LogP contribution in [-0.4, -0.2) is 45.4 Å². The SMILES string of the molecule is CCNC(=NCCCCOCC)NCCOc1c(C)cccc1C.I. The Kier molecular flexibility index (Phi) is 14.6. The summed E-state index contributed by atoms with van der Waals surface area (Å²) in [6, 6.07) is 6.20. The third kappa shape index (κ3) is 10.5. The molecule has 0 unspecified atom stereocenters. The second-order valence-corrected chi connectivity index (χ2v) is 5.66. The summed E-state index contributed by atoms with van der Waals surface area (Å²) in [6.07, 6.45) is 2.09. The van der Waals surface area contributed by atoms with E-state index in [9.17, 15) is 0 Å². The van der Waals surface area contributed by atoms with Crippen molar-refractivity contribution in [2.24, 2.45) is 4.99 Å². The third-order valence-corrected chi connectivity index (χ3v) is 3.56. The summed E-state index contributed by atoms with van der Waals surface area (Å²) < 4.78 is 11.2. The Labute approximate surface area is 170 Å². The van der Waals surface area contributed by atoms with Crippen molar-refractivity contribution in [2.75, 3.05) is 39.5 Å². The summed E-state index contributed by atoms with van der Waals surface area (Å²) in [5.74, 6) is 1.83. The van der Waals surface area contributed by atoms with Gasteiger partial charge in [0.2, 0.25) is 0 Å². The van der Waals surface area contributed by atoms with Gasteiger partial charge < -0.3 is 20.1 Å². The molecule has 2 N–H and O–H groups in total. The standard InChI is InChI=1S/C19H33N3O2.HI/c1-5-20-19(21-12-7-8-14-23-6-2)22-13-15-24-18-16(3)10-9-11-17(18)4;/h9-11H,5-8,12-15H2,1-4H3,(H2,20,21,22);1H. The van der Waals surface area contributed by atoms with E-state index in [1.165, 1.54) is 11.1 Å². The fourth-order valence-corrected chi connectivity index (χ4v) is 2.34. The molecule has 0 saturated heterocycles. The molecule has 0 aliphatic heterocycles. The lowest BCUT2D eigenvalue weighted by Gasteiger charge is -2.14. The maximum Gasteiger partial charge on any atom is 0.191 e. The van der Waals surface area contributed by atoms with Gasteiger partial charge in [-0.15, -0.1) is 24.0 Å². The zero-order valence-electron chi connectivity index (χ0n) is 16.1. The Bertz CT molecular complexity index is 475. The van der Waals surface area contributed by atoms with Crippen LogP contribution >= 0.6 is 24.0 Å². The van der Waals surface area contributed by atoms with E-state index in [-0.39, 0.29) is 24.0 Å². The highest BCUT2D eigenvalue weighted by Gasteiger charge is 2.03. The number of rotatable bonds is 11. The second kappa shape index (κ2) is 15.3. The van der Waals surface area contributed by atoms with Crippen molar-refractivity contribution < 1.29 is 9.47 Å². The lowest BCUT2D eigenvalue weighted by molar-refractivity contribution is 0.144. The zero-order chi connectivity index (χ0) is 17.6. The monoisotopic (exact) mass is 463 g/mol. The van der Waals surface area contributed by atoms with Crippen molar-refractivity contribution in [2.45, 2.75) is 40.5 Å². The molecule has 0 atom stereocenters. The first-order valence-electron chi connectivity index (χ1n) is 8.98.